The standard InChI is InChI=1S/C18H22FN3OS/c1-2-14-5-3-4-8-22(14)17(23)12-10-21(11-12)18-20-15-7-6-13(19)9-16(15)24-18/h6-7,9,12,14H,2-5,8,10-11H2,1H3. The number of carbonyl (C=O) groups excluding carboxylic acids is 1. The molecule has 6 heteroatoms. The minimum Gasteiger partial charge on any atom is -0.346 e. The first kappa shape index (κ1) is 15.8. The third-order valence-electron chi connectivity index (χ3n) is 5.22. The topological polar surface area (TPSA) is 36.4 Å². The molecule has 2 aromatic rings. The molecule has 0 radical (unpaired) electrons. The van der Waals surface area contributed by atoms with E-state index in [0.29, 0.717) is 11.9 Å². The van der Waals surface area contributed by atoms with Gasteiger partial charge in [0, 0.05) is 25.7 Å². The maximum Gasteiger partial charge on any atom is 0.229 e. The largest absolute Gasteiger partial charge is 0.346 e. The Balaban J connectivity index is 1.42. The Morgan fingerprint density at radius 2 is 2.21 bits per heavy atom. The SMILES string of the molecule is CCC1CCCCN1C(=O)C1CN(c2nc3ccc(F)cc3s2)C1. The molecule has 128 valence electrons. The average Bonchev–Trinajstić information content (AvgIpc) is 2.95. The van der Waals surface area contributed by atoms with Crippen molar-refractivity contribution in [1.82, 2.24) is 9.88 Å². The molecular weight excluding hydrogens is 325 g/mol. The van der Waals surface area contributed by atoms with Crippen LogP contribution in [0.25, 0.3) is 10.2 Å². The molecule has 2 aliphatic rings. The van der Waals surface area contributed by atoms with Gasteiger partial charge in [0.25, 0.3) is 0 Å². The minimum atomic E-state index is -0.231. The lowest BCUT2D eigenvalue weighted by molar-refractivity contribution is -0.140. The van der Waals surface area contributed by atoms with Crippen molar-refractivity contribution in [3.63, 3.8) is 0 Å². The minimum absolute atomic E-state index is 0.0842. The van der Waals surface area contributed by atoms with Crippen LogP contribution in [-0.2, 0) is 4.79 Å². The molecule has 1 atom stereocenters. The highest BCUT2D eigenvalue weighted by Crippen LogP contribution is 2.34. The molecule has 4 nitrogen and oxygen atoms in total. The summed E-state index contributed by atoms with van der Waals surface area (Å²) in [5.74, 6) is 0.163. The smallest absolute Gasteiger partial charge is 0.229 e. The van der Waals surface area contributed by atoms with E-state index in [1.54, 1.807) is 6.07 Å². The van der Waals surface area contributed by atoms with Crippen LogP contribution in [0.3, 0.4) is 0 Å². The van der Waals surface area contributed by atoms with Gasteiger partial charge in [0.2, 0.25) is 5.91 Å². The molecular formula is C18H22FN3OS. The summed E-state index contributed by atoms with van der Waals surface area (Å²) in [5, 5.41) is 0.894. The van der Waals surface area contributed by atoms with Gasteiger partial charge in [0.1, 0.15) is 5.82 Å². The summed E-state index contributed by atoms with van der Waals surface area (Å²) < 4.78 is 14.2. The number of amides is 1. The first-order valence-corrected chi connectivity index (χ1v) is 9.59. The van der Waals surface area contributed by atoms with Crippen LogP contribution in [0.2, 0.25) is 0 Å². The van der Waals surface area contributed by atoms with E-state index in [1.165, 1.54) is 29.9 Å². The molecule has 0 bridgehead atoms. The Morgan fingerprint density at radius 1 is 1.38 bits per heavy atom. The van der Waals surface area contributed by atoms with Gasteiger partial charge in [-0.15, -0.1) is 0 Å². The van der Waals surface area contributed by atoms with E-state index >= 15 is 0 Å². The van der Waals surface area contributed by atoms with Crippen molar-refractivity contribution < 1.29 is 9.18 Å². The fourth-order valence-electron chi connectivity index (χ4n) is 3.76. The van der Waals surface area contributed by atoms with Crippen molar-refractivity contribution in [2.45, 2.75) is 38.6 Å². The third-order valence-corrected chi connectivity index (χ3v) is 6.30. The van der Waals surface area contributed by atoms with Crippen molar-refractivity contribution >= 4 is 32.6 Å². The van der Waals surface area contributed by atoms with Gasteiger partial charge in [0.15, 0.2) is 5.13 Å². The summed E-state index contributed by atoms with van der Waals surface area (Å²) in [6.07, 6.45) is 4.55. The van der Waals surface area contributed by atoms with Crippen molar-refractivity contribution in [2.24, 2.45) is 5.92 Å². The first-order chi connectivity index (χ1) is 11.7. The molecule has 3 heterocycles. The van der Waals surface area contributed by atoms with Crippen LogP contribution in [0.1, 0.15) is 32.6 Å². The lowest BCUT2D eigenvalue weighted by Gasteiger charge is -2.43. The van der Waals surface area contributed by atoms with Gasteiger partial charge in [0.05, 0.1) is 16.1 Å². The van der Waals surface area contributed by atoms with Crippen LogP contribution >= 0.6 is 11.3 Å². The predicted octanol–water partition coefficient (Wildman–Crippen LogP) is 3.66. The number of aromatic nitrogens is 1. The second kappa shape index (κ2) is 6.31. The number of piperidine rings is 1. The summed E-state index contributed by atoms with van der Waals surface area (Å²) in [6, 6.07) is 5.10. The maximum atomic E-state index is 13.3. The summed E-state index contributed by atoms with van der Waals surface area (Å²) >= 11 is 1.50. The third kappa shape index (κ3) is 2.77. The van der Waals surface area contributed by atoms with Crippen LogP contribution in [0.4, 0.5) is 9.52 Å². The second-order valence-electron chi connectivity index (χ2n) is 6.80. The van der Waals surface area contributed by atoms with Crippen molar-refractivity contribution in [3.05, 3.63) is 24.0 Å². The predicted molar refractivity (Wildman–Crippen MR) is 94.9 cm³/mol. The molecule has 0 aliphatic carbocycles. The van der Waals surface area contributed by atoms with Crippen molar-refractivity contribution in [2.75, 3.05) is 24.5 Å². The normalized spacial score (nSPS) is 22.0. The molecule has 2 aliphatic heterocycles. The van der Waals surface area contributed by atoms with Gasteiger partial charge < -0.3 is 9.80 Å². The monoisotopic (exact) mass is 347 g/mol. The number of benzene rings is 1. The molecule has 4 rings (SSSR count). The molecule has 0 saturated carbocycles. The maximum absolute atomic E-state index is 13.3. The van der Waals surface area contributed by atoms with Crippen molar-refractivity contribution in [1.29, 1.82) is 0 Å². The van der Waals surface area contributed by atoms with Gasteiger partial charge in [-0.1, -0.05) is 18.3 Å². The number of fused-ring (bicyclic) bond motifs is 1. The zero-order valence-corrected chi connectivity index (χ0v) is 14.7. The highest BCUT2D eigenvalue weighted by atomic mass is 32.1. The number of anilines is 1. The number of halogens is 1. The average molecular weight is 347 g/mol. The summed E-state index contributed by atoms with van der Waals surface area (Å²) in [5.41, 5.74) is 0.827. The quantitative estimate of drug-likeness (QED) is 0.850. The molecule has 0 N–H and O–H groups in total. The van der Waals surface area contributed by atoms with Crippen LogP contribution in [0.15, 0.2) is 18.2 Å². The van der Waals surface area contributed by atoms with Gasteiger partial charge in [-0.2, -0.15) is 0 Å². The molecule has 1 unspecified atom stereocenters. The van der Waals surface area contributed by atoms with Gasteiger partial charge >= 0.3 is 0 Å². The Bertz CT molecular complexity index is 756. The molecule has 0 spiro atoms. The summed E-state index contributed by atoms with van der Waals surface area (Å²) in [7, 11) is 0. The van der Waals surface area contributed by atoms with E-state index in [1.807, 2.05) is 0 Å². The molecule has 1 aromatic heterocycles. The van der Waals surface area contributed by atoms with Crippen LogP contribution in [-0.4, -0.2) is 41.5 Å². The highest BCUT2D eigenvalue weighted by Gasteiger charge is 2.39. The Morgan fingerprint density at radius 3 is 3.00 bits per heavy atom. The lowest BCUT2D eigenvalue weighted by Crippen LogP contribution is -2.57. The molecule has 24 heavy (non-hydrogen) atoms. The number of hydrogen-bond donors (Lipinski definition) is 0. The highest BCUT2D eigenvalue weighted by molar-refractivity contribution is 7.22. The Hall–Kier alpha value is -1.69. The number of nitrogens with zero attached hydrogens (tertiary/aromatic N) is 3. The van der Waals surface area contributed by atoms with E-state index in [-0.39, 0.29) is 11.7 Å². The van der Waals surface area contributed by atoms with Crippen molar-refractivity contribution in [3.8, 4) is 0 Å². The lowest BCUT2D eigenvalue weighted by atomic mass is 9.94. The number of rotatable bonds is 3. The van der Waals surface area contributed by atoms with Gasteiger partial charge in [-0.05, 0) is 43.9 Å². The number of thiazole rings is 1. The van der Waals surface area contributed by atoms with Crippen LogP contribution < -0.4 is 4.90 Å². The van der Waals surface area contributed by atoms with Crippen LogP contribution in [0.5, 0.6) is 0 Å². The van der Waals surface area contributed by atoms with E-state index in [0.717, 1.165) is 54.2 Å². The number of hydrogen-bond acceptors (Lipinski definition) is 4. The van der Waals surface area contributed by atoms with E-state index in [4.69, 9.17) is 0 Å². The van der Waals surface area contributed by atoms with E-state index in [9.17, 15) is 9.18 Å². The van der Waals surface area contributed by atoms with E-state index < -0.39 is 0 Å². The second-order valence-corrected chi connectivity index (χ2v) is 7.81. The fourth-order valence-corrected chi connectivity index (χ4v) is 4.77. The zero-order chi connectivity index (χ0) is 16.7. The summed E-state index contributed by atoms with van der Waals surface area (Å²) in [6.45, 7) is 4.54. The molecule has 1 amide bonds. The van der Waals surface area contributed by atoms with Crippen LogP contribution in [0, 0.1) is 11.7 Å². The Labute approximate surface area is 145 Å². The van der Waals surface area contributed by atoms with Gasteiger partial charge in [-0.25, -0.2) is 9.37 Å². The molecule has 1 aromatic carbocycles. The molecule has 2 saturated heterocycles. The van der Waals surface area contributed by atoms with Gasteiger partial charge in [-0.3, -0.25) is 4.79 Å². The number of likely N-dealkylation sites (tertiary alicyclic amines) is 1. The van der Waals surface area contributed by atoms with E-state index in [2.05, 4.69) is 21.7 Å². The zero-order valence-electron chi connectivity index (χ0n) is 13.9. The fraction of sp³-hybridized carbons (Fsp3) is 0.556. The Kier molecular flexibility index (Phi) is 4.16. The first-order valence-electron chi connectivity index (χ1n) is 8.77. The molecule has 2 fully saturated rings. The summed E-state index contributed by atoms with van der Waals surface area (Å²) in [4.78, 5) is 21.6. The number of carbonyl (C=O) groups is 1.